The maximum Gasteiger partial charge on any atom is 0.317 e. The van der Waals surface area contributed by atoms with Crippen LogP contribution in [0, 0.1) is 0 Å². The molecule has 0 bridgehead atoms. The molecule has 7 nitrogen and oxygen atoms in total. The minimum Gasteiger partial charge on any atom is -0.376 e. The van der Waals surface area contributed by atoms with Crippen LogP contribution in [0.15, 0.2) is 23.1 Å². The second kappa shape index (κ2) is 6.65. The van der Waals surface area contributed by atoms with Crippen LogP contribution in [-0.2, 0) is 17.7 Å². The first-order chi connectivity index (χ1) is 12.1. The lowest BCUT2D eigenvalue weighted by Gasteiger charge is -2.28. The normalized spacial score (nSPS) is 19.9. The Hall–Kier alpha value is -2.12. The predicted molar refractivity (Wildman–Crippen MR) is 93.0 cm³/mol. The van der Waals surface area contributed by atoms with Crippen LogP contribution in [0.5, 0.6) is 0 Å². The zero-order valence-electron chi connectivity index (χ0n) is 13.7. The van der Waals surface area contributed by atoms with E-state index in [1.807, 2.05) is 0 Å². The molecule has 4 heterocycles. The zero-order chi connectivity index (χ0) is 17.4. The number of fused-ring (bicyclic) bond motifs is 2. The Labute approximate surface area is 149 Å². The number of carbonyl (C=O) groups excluding carboxylic acids is 1. The quantitative estimate of drug-likeness (QED) is 0.880. The van der Waals surface area contributed by atoms with Crippen molar-refractivity contribution in [3.63, 3.8) is 0 Å². The summed E-state index contributed by atoms with van der Waals surface area (Å²) in [5, 5.41) is 3.37. The molecule has 8 heteroatoms. The molecule has 2 aliphatic rings. The highest BCUT2D eigenvalue weighted by Gasteiger charge is 2.26. The highest BCUT2D eigenvalue weighted by atomic mass is 35.5. The van der Waals surface area contributed by atoms with Crippen LogP contribution in [0.25, 0.3) is 5.65 Å². The topological polar surface area (TPSA) is 75.9 Å². The average molecular weight is 363 g/mol. The van der Waals surface area contributed by atoms with Crippen LogP contribution >= 0.6 is 11.6 Å². The van der Waals surface area contributed by atoms with Gasteiger partial charge in [0.25, 0.3) is 5.56 Å². The molecular weight excluding hydrogens is 344 g/mol. The Morgan fingerprint density at radius 1 is 1.44 bits per heavy atom. The Kier molecular flexibility index (Phi) is 4.35. The molecule has 2 aromatic rings. The van der Waals surface area contributed by atoms with Gasteiger partial charge in [-0.05, 0) is 25.0 Å². The Bertz CT molecular complexity index is 876. The standard InChI is InChI=1S/C17H19ClN4O3/c18-11-3-4-15-20-14-5-6-21(10-13(14)16(23)22(15)9-11)17(24)19-8-12-2-1-7-25-12/h3-4,9,12H,1-2,5-8,10H2,(H,19,24)/t12-/m1/s1. The van der Waals surface area contributed by atoms with E-state index in [1.165, 1.54) is 4.40 Å². The number of carbonyl (C=O) groups is 1. The van der Waals surface area contributed by atoms with E-state index in [0.29, 0.717) is 35.7 Å². The molecule has 2 amide bonds. The lowest BCUT2D eigenvalue weighted by Crippen LogP contribution is -2.46. The smallest absolute Gasteiger partial charge is 0.317 e. The first-order valence-corrected chi connectivity index (χ1v) is 8.83. The van der Waals surface area contributed by atoms with Gasteiger partial charge in [-0.25, -0.2) is 9.78 Å². The Morgan fingerprint density at radius 2 is 2.32 bits per heavy atom. The maximum atomic E-state index is 12.7. The molecule has 1 atom stereocenters. The summed E-state index contributed by atoms with van der Waals surface area (Å²) >= 11 is 5.98. The number of urea groups is 1. The van der Waals surface area contributed by atoms with Gasteiger partial charge < -0.3 is 15.0 Å². The van der Waals surface area contributed by atoms with E-state index in [0.717, 1.165) is 25.1 Å². The molecule has 1 fully saturated rings. The van der Waals surface area contributed by atoms with E-state index in [1.54, 1.807) is 23.2 Å². The van der Waals surface area contributed by atoms with Gasteiger partial charge in [0.15, 0.2) is 0 Å². The fourth-order valence-corrected chi connectivity index (χ4v) is 3.52. The van der Waals surface area contributed by atoms with Gasteiger partial charge in [-0.15, -0.1) is 0 Å². The number of nitrogens with one attached hydrogen (secondary N) is 1. The predicted octanol–water partition coefficient (Wildman–Crippen LogP) is 1.59. The van der Waals surface area contributed by atoms with E-state index < -0.39 is 0 Å². The van der Waals surface area contributed by atoms with Crippen LogP contribution in [0.4, 0.5) is 4.79 Å². The molecule has 0 radical (unpaired) electrons. The molecule has 4 rings (SSSR count). The van der Waals surface area contributed by atoms with Gasteiger partial charge >= 0.3 is 6.03 Å². The summed E-state index contributed by atoms with van der Waals surface area (Å²) in [5.41, 5.74) is 1.72. The highest BCUT2D eigenvalue weighted by molar-refractivity contribution is 6.30. The second-order valence-electron chi connectivity index (χ2n) is 6.41. The van der Waals surface area contributed by atoms with Crippen molar-refractivity contribution in [3.05, 3.63) is 45.0 Å². The molecule has 2 aromatic heterocycles. The van der Waals surface area contributed by atoms with Crippen molar-refractivity contribution in [2.45, 2.75) is 31.9 Å². The van der Waals surface area contributed by atoms with Crippen molar-refractivity contribution in [1.82, 2.24) is 19.6 Å². The molecular formula is C17H19ClN4O3. The average Bonchev–Trinajstić information content (AvgIpc) is 3.14. The summed E-state index contributed by atoms with van der Waals surface area (Å²) in [4.78, 5) is 31.3. The molecule has 0 aliphatic carbocycles. The molecule has 0 saturated carbocycles. The summed E-state index contributed by atoms with van der Waals surface area (Å²) < 4.78 is 6.96. The summed E-state index contributed by atoms with van der Waals surface area (Å²) in [6.07, 6.45) is 4.23. The Balaban J connectivity index is 1.53. The molecule has 0 spiro atoms. The van der Waals surface area contributed by atoms with Gasteiger partial charge in [-0.2, -0.15) is 0 Å². The third-order valence-corrected chi connectivity index (χ3v) is 4.95. The van der Waals surface area contributed by atoms with Gasteiger partial charge in [-0.3, -0.25) is 9.20 Å². The van der Waals surface area contributed by atoms with Crippen molar-refractivity contribution < 1.29 is 9.53 Å². The SMILES string of the molecule is O=C(NC[C@H]1CCCO1)N1CCc2nc3ccc(Cl)cn3c(=O)c2C1. The number of ether oxygens (including phenoxy) is 1. The number of aromatic nitrogens is 2. The lowest BCUT2D eigenvalue weighted by molar-refractivity contribution is 0.108. The van der Waals surface area contributed by atoms with E-state index in [4.69, 9.17) is 16.3 Å². The van der Waals surface area contributed by atoms with Gasteiger partial charge in [-0.1, -0.05) is 11.6 Å². The number of rotatable bonds is 2. The number of hydrogen-bond acceptors (Lipinski definition) is 4. The molecule has 132 valence electrons. The number of hydrogen-bond donors (Lipinski definition) is 1. The minimum atomic E-state index is -0.170. The van der Waals surface area contributed by atoms with Crippen molar-refractivity contribution in [1.29, 1.82) is 0 Å². The molecule has 2 aliphatic heterocycles. The second-order valence-corrected chi connectivity index (χ2v) is 6.85. The molecule has 25 heavy (non-hydrogen) atoms. The van der Waals surface area contributed by atoms with Crippen LogP contribution < -0.4 is 10.9 Å². The summed E-state index contributed by atoms with van der Waals surface area (Å²) in [5.74, 6) is 0. The summed E-state index contributed by atoms with van der Waals surface area (Å²) in [7, 11) is 0. The lowest BCUT2D eigenvalue weighted by atomic mass is 10.1. The van der Waals surface area contributed by atoms with E-state index >= 15 is 0 Å². The van der Waals surface area contributed by atoms with Crippen molar-refractivity contribution in [2.75, 3.05) is 19.7 Å². The maximum absolute atomic E-state index is 12.7. The van der Waals surface area contributed by atoms with Crippen molar-refractivity contribution in [3.8, 4) is 0 Å². The number of pyridine rings is 1. The minimum absolute atomic E-state index is 0.0967. The summed E-state index contributed by atoms with van der Waals surface area (Å²) in [6, 6.07) is 3.27. The van der Waals surface area contributed by atoms with Crippen LogP contribution in [0.3, 0.4) is 0 Å². The highest BCUT2D eigenvalue weighted by Crippen LogP contribution is 2.17. The molecule has 0 aromatic carbocycles. The fourth-order valence-electron chi connectivity index (χ4n) is 3.36. The third-order valence-electron chi connectivity index (χ3n) is 4.73. The third kappa shape index (κ3) is 3.21. The molecule has 1 saturated heterocycles. The van der Waals surface area contributed by atoms with Crippen molar-refractivity contribution >= 4 is 23.3 Å². The number of halogens is 1. The Morgan fingerprint density at radius 3 is 3.12 bits per heavy atom. The van der Waals surface area contributed by atoms with E-state index in [-0.39, 0.29) is 24.2 Å². The summed E-state index contributed by atoms with van der Waals surface area (Å²) in [6.45, 7) is 2.07. The van der Waals surface area contributed by atoms with Crippen LogP contribution in [-0.4, -0.2) is 46.1 Å². The van der Waals surface area contributed by atoms with Crippen LogP contribution in [0.1, 0.15) is 24.1 Å². The van der Waals surface area contributed by atoms with Crippen LogP contribution in [0.2, 0.25) is 5.02 Å². The molecule has 1 N–H and O–H groups in total. The monoisotopic (exact) mass is 362 g/mol. The number of amides is 2. The largest absolute Gasteiger partial charge is 0.376 e. The number of nitrogens with zero attached hydrogens (tertiary/aromatic N) is 3. The van der Waals surface area contributed by atoms with Crippen molar-refractivity contribution in [2.24, 2.45) is 0 Å². The molecule has 0 unspecified atom stereocenters. The first-order valence-electron chi connectivity index (χ1n) is 8.46. The first kappa shape index (κ1) is 16.4. The van der Waals surface area contributed by atoms with Gasteiger partial charge in [0.2, 0.25) is 0 Å². The van der Waals surface area contributed by atoms with Gasteiger partial charge in [0.05, 0.1) is 28.9 Å². The van der Waals surface area contributed by atoms with E-state index in [9.17, 15) is 9.59 Å². The van der Waals surface area contributed by atoms with Gasteiger partial charge in [0, 0.05) is 32.3 Å². The zero-order valence-corrected chi connectivity index (χ0v) is 14.5. The van der Waals surface area contributed by atoms with E-state index in [2.05, 4.69) is 10.3 Å². The van der Waals surface area contributed by atoms with Gasteiger partial charge in [0.1, 0.15) is 5.65 Å². The fraction of sp³-hybridized carbons (Fsp3) is 0.471.